The van der Waals surface area contributed by atoms with Gasteiger partial charge in [0, 0.05) is 69.0 Å². The van der Waals surface area contributed by atoms with Crippen LogP contribution in [-0.2, 0) is 4.79 Å². The quantitative estimate of drug-likeness (QED) is 0.479. The summed E-state index contributed by atoms with van der Waals surface area (Å²) < 4.78 is 38.2. The van der Waals surface area contributed by atoms with E-state index in [1.807, 2.05) is 35.2 Å². The van der Waals surface area contributed by atoms with Gasteiger partial charge in [0.15, 0.2) is 0 Å². The second-order valence-corrected chi connectivity index (χ2v) is 11.4. The van der Waals surface area contributed by atoms with Crippen LogP contribution in [0.4, 0.5) is 18.9 Å². The van der Waals surface area contributed by atoms with Crippen molar-refractivity contribution >= 4 is 23.4 Å². The molecule has 0 bridgehead atoms. The molecule has 3 fully saturated rings. The molecule has 0 atom stereocenters. The van der Waals surface area contributed by atoms with E-state index in [4.69, 9.17) is 0 Å². The standard InChI is InChI=1S/C28H35F3N4OS/c29-28(30,31)37-26-7-3-4-23(20-26)22-8-10-25(11-9-22)33-14-12-32(13-15-33)21-27(36)35-18-16-34(17-19-35)24-5-1-2-6-24/h3-4,7-11,20,24H,1-2,5-6,12-19,21H2. The molecule has 2 aromatic carbocycles. The molecule has 5 nitrogen and oxygen atoms in total. The summed E-state index contributed by atoms with van der Waals surface area (Å²) in [5.74, 6) is 0.245. The van der Waals surface area contributed by atoms with Gasteiger partial charge < -0.3 is 9.80 Å². The number of rotatable bonds is 6. The third-order valence-corrected chi connectivity index (χ3v) is 8.59. The van der Waals surface area contributed by atoms with Crippen molar-refractivity contribution in [2.45, 2.75) is 42.1 Å². The highest BCUT2D eigenvalue weighted by Gasteiger charge is 2.30. The van der Waals surface area contributed by atoms with Crippen LogP contribution in [0, 0.1) is 0 Å². The van der Waals surface area contributed by atoms with Gasteiger partial charge in [-0.2, -0.15) is 13.2 Å². The van der Waals surface area contributed by atoms with E-state index in [-0.39, 0.29) is 22.6 Å². The number of nitrogens with zero attached hydrogens (tertiary/aromatic N) is 4. The second-order valence-electron chi connectivity index (χ2n) is 10.2. The molecule has 1 saturated carbocycles. The lowest BCUT2D eigenvalue weighted by Crippen LogP contribution is -2.55. The molecular formula is C28H35F3N4OS. The van der Waals surface area contributed by atoms with Gasteiger partial charge in [-0.1, -0.05) is 37.1 Å². The first-order valence-electron chi connectivity index (χ1n) is 13.3. The zero-order valence-corrected chi connectivity index (χ0v) is 21.9. The molecule has 200 valence electrons. The molecule has 2 aromatic rings. The molecule has 0 N–H and O–H groups in total. The van der Waals surface area contributed by atoms with Crippen molar-refractivity contribution in [1.29, 1.82) is 0 Å². The fraction of sp³-hybridized carbons (Fsp3) is 0.536. The first-order chi connectivity index (χ1) is 17.8. The zero-order chi connectivity index (χ0) is 25.8. The van der Waals surface area contributed by atoms with E-state index in [1.165, 1.54) is 31.7 Å². The van der Waals surface area contributed by atoms with E-state index in [1.54, 1.807) is 12.1 Å². The molecule has 2 heterocycles. The molecule has 0 radical (unpaired) electrons. The van der Waals surface area contributed by atoms with Gasteiger partial charge in [-0.25, -0.2) is 0 Å². The van der Waals surface area contributed by atoms with Crippen LogP contribution in [0.2, 0.25) is 0 Å². The molecular weight excluding hydrogens is 497 g/mol. The Kier molecular flexibility index (Phi) is 8.31. The van der Waals surface area contributed by atoms with Gasteiger partial charge >= 0.3 is 5.51 Å². The predicted molar refractivity (Wildman–Crippen MR) is 143 cm³/mol. The molecule has 1 amide bonds. The summed E-state index contributed by atoms with van der Waals surface area (Å²) in [4.78, 5) is 22.3. The Hall–Kier alpha value is -2.23. The van der Waals surface area contributed by atoms with E-state index in [9.17, 15) is 18.0 Å². The molecule has 0 spiro atoms. The van der Waals surface area contributed by atoms with Crippen LogP contribution < -0.4 is 4.90 Å². The minimum absolute atomic E-state index is 0.0882. The Morgan fingerprint density at radius 3 is 2.16 bits per heavy atom. The largest absolute Gasteiger partial charge is 0.446 e. The van der Waals surface area contributed by atoms with Crippen LogP contribution in [0.3, 0.4) is 0 Å². The second kappa shape index (κ2) is 11.7. The van der Waals surface area contributed by atoms with Gasteiger partial charge in [-0.3, -0.25) is 14.6 Å². The summed E-state index contributed by atoms with van der Waals surface area (Å²) in [7, 11) is 0. The van der Waals surface area contributed by atoms with Crippen molar-refractivity contribution in [3.05, 3.63) is 48.5 Å². The molecule has 0 unspecified atom stereocenters. The van der Waals surface area contributed by atoms with Crippen LogP contribution in [0.25, 0.3) is 11.1 Å². The highest BCUT2D eigenvalue weighted by Crippen LogP contribution is 2.38. The van der Waals surface area contributed by atoms with Crippen molar-refractivity contribution in [3.8, 4) is 11.1 Å². The highest BCUT2D eigenvalue weighted by molar-refractivity contribution is 8.00. The van der Waals surface area contributed by atoms with Crippen LogP contribution >= 0.6 is 11.8 Å². The number of benzene rings is 2. The smallest absolute Gasteiger partial charge is 0.369 e. The minimum Gasteiger partial charge on any atom is -0.369 e. The zero-order valence-electron chi connectivity index (χ0n) is 21.1. The average Bonchev–Trinajstić information content (AvgIpc) is 3.44. The maximum Gasteiger partial charge on any atom is 0.446 e. The van der Waals surface area contributed by atoms with Gasteiger partial charge in [0.2, 0.25) is 5.91 Å². The van der Waals surface area contributed by atoms with E-state index in [0.717, 1.165) is 75.2 Å². The van der Waals surface area contributed by atoms with Crippen molar-refractivity contribution in [2.75, 3.05) is 63.8 Å². The molecule has 0 aromatic heterocycles. The average molecular weight is 533 g/mol. The van der Waals surface area contributed by atoms with Crippen molar-refractivity contribution in [3.63, 3.8) is 0 Å². The van der Waals surface area contributed by atoms with Gasteiger partial charge in [-0.05, 0) is 60.0 Å². The van der Waals surface area contributed by atoms with Crippen LogP contribution in [0.5, 0.6) is 0 Å². The monoisotopic (exact) mass is 532 g/mol. The third-order valence-electron chi connectivity index (χ3n) is 7.87. The van der Waals surface area contributed by atoms with E-state index < -0.39 is 5.51 Å². The molecule has 2 saturated heterocycles. The molecule has 9 heteroatoms. The minimum atomic E-state index is -4.29. The SMILES string of the molecule is O=C(CN1CCN(c2ccc(-c3cccc(SC(F)(F)F)c3)cc2)CC1)N1CCN(C2CCCC2)CC1. The van der Waals surface area contributed by atoms with Crippen LogP contribution in [0.1, 0.15) is 25.7 Å². The van der Waals surface area contributed by atoms with E-state index >= 15 is 0 Å². The van der Waals surface area contributed by atoms with Gasteiger partial charge in [0.05, 0.1) is 6.54 Å². The summed E-state index contributed by atoms with van der Waals surface area (Å²) in [5.41, 5.74) is -1.53. The lowest BCUT2D eigenvalue weighted by molar-refractivity contribution is -0.134. The Balaban J connectivity index is 1.08. The Morgan fingerprint density at radius 1 is 0.838 bits per heavy atom. The third kappa shape index (κ3) is 7.00. The summed E-state index contributed by atoms with van der Waals surface area (Å²) in [6.07, 6.45) is 5.32. The first-order valence-corrected chi connectivity index (χ1v) is 14.1. The first kappa shape index (κ1) is 26.4. The number of alkyl halides is 3. The maximum atomic E-state index is 12.9. The molecule has 2 aliphatic heterocycles. The highest BCUT2D eigenvalue weighted by atomic mass is 32.2. The molecule has 5 rings (SSSR count). The number of carbonyl (C=O) groups excluding carboxylic acids is 1. The Morgan fingerprint density at radius 2 is 1.51 bits per heavy atom. The summed E-state index contributed by atoms with van der Waals surface area (Å²) in [6.45, 7) is 7.57. The van der Waals surface area contributed by atoms with Gasteiger partial charge in [0.25, 0.3) is 0 Å². The van der Waals surface area contributed by atoms with Crippen LogP contribution in [0.15, 0.2) is 53.4 Å². The lowest BCUT2D eigenvalue weighted by Gasteiger charge is -2.40. The molecule has 1 aliphatic carbocycles. The van der Waals surface area contributed by atoms with E-state index in [2.05, 4.69) is 14.7 Å². The number of halogens is 3. The van der Waals surface area contributed by atoms with Crippen molar-refractivity contribution in [1.82, 2.24) is 14.7 Å². The van der Waals surface area contributed by atoms with Crippen molar-refractivity contribution < 1.29 is 18.0 Å². The number of hydrogen-bond acceptors (Lipinski definition) is 5. The predicted octanol–water partition coefficient (Wildman–Crippen LogP) is 5.17. The lowest BCUT2D eigenvalue weighted by atomic mass is 10.1. The summed E-state index contributed by atoms with van der Waals surface area (Å²) in [5, 5.41) is 0. The number of piperazine rings is 2. The van der Waals surface area contributed by atoms with E-state index in [0.29, 0.717) is 6.54 Å². The van der Waals surface area contributed by atoms with Gasteiger partial charge in [0.1, 0.15) is 0 Å². The fourth-order valence-corrected chi connectivity index (χ4v) is 6.40. The maximum absolute atomic E-state index is 12.9. The summed E-state index contributed by atoms with van der Waals surface area (Å²) in [6, 6.07) is 15.3. The Labute approximate surface area is 221 Å². The topological polar surface area (TPSA) is 30.0 Å². The number of anilines is 1. The normalized spacial score (nSPS) is 20.5. The summed E-state index contributed by atoms with van der Waals surface area (Å²) >= 11 is -0.0882. The molecule has 3 aliphatic rings. The fourth-order valence-electron chi connectivity index (χ4n) is 5.80. The number of amides is 1. The van der Waals surface area contributed by atoms with Gasteiger partial charge in [-0.15, -0.1) is 0 Å². The van der Waals surface area contributed by atoms with Crippen LogP contribution in [-0.4, -0.2) is 91.1 Å². The Bertz CT molecular complexity index is 1040. The van der Waals surface area contributed by atoms with Crippen molar-refractivity contribution in [2.24, 2.45) is 0 Å². The molecule has 37 heavy (non-hydrogen) atoms. The number of hydrogen-bond donors (Lipinski definition) is 0. The number of thioether (sulfide) groups is 1. The number of carbonyl (C=O) groups is 1.